The zero-order valence-electron chi connectivity index (χ0n) is 15.7. The minimum Gasteiger partial charge on any atom is -0.467 e. The summed E-state index contributed by atoms with van der Waals surface area (Å²) in [6.07, 6.45) is 4.46. The topological polar surface area (TPSA) is 109 Å². The van der Waals surface area contributed by atoms with Crippen molar-refractivity contribution in [2.45, 2.75) is 52.1 Å². The third-order valence-electron chi connectivity index (χ3n) is 4.24. The molecular weight excluding hydrogens is 338 g/mol. The number of ether oxygens (including phenoxy) is 1. The zero-order chi connectivity index (χ0) is 19.7. The van der Waals surface area contributed by atoms with Crippen molar-refractivity contribution >= 4 is 17.8 Å². The maximum absolute atomic E-state index is 12.7. The molecule has 2 amide bonds. The van der Waals surface area contributed by atoms with E-state index in [0.717, 1.165) is 4.73 Å². The number of aromatic nitrogens is 1. The van der Waals surface area contributed by atoms with Crippen LogP contribution < -0.4 is 15.4 Å². The first kappa shape index (κ1) is 21.4. The van der Waals surface area contributed by atoms with Gasteiger partial charge in [-0.15, -0.1) is 0 Å². The number of rotatable bonds is 9. The molecule has 26 heavy (non-hydrogen) atoms. The van der Waals surface area contributed by atoms with Crippen LogP contribution in [0.2, 0.25) is 0 Å². The van der Waals surface area contributed by atoms with Gasteiger partial charge in [-0.3, -0.25) is 14.8 Å². The molecular formula is C18H28N3O5+. The second kappa shape index (κ2) is 10.4. The molecule has 0 aliphatic carbocycles. The summed E-state index contributed by atoms with van der Waals surface area (Å²) < 4.78 is 5.55. The molecule has 1 heterocycles. The van der Waals surface area contributed by atoms with Gasteiger partial charge in [-0.05, 0) is 12.3 Å². The number of nitrogens with zero attached hydrogens (tertiary/aromatic N) is 1. The molecule has 144 valence electrons. The van der Waals surface area contributed by atoms with Gasteiger partial charge in [-0.25, -0.2) is 4.79 Å². The van der Waals surface area contributed by atoms with Crippen LogP contribution in [0, 0.1) is 5.92 Å². The van der Waals surface area contributed by atoms with Crippen LogP contribution >= 0.6 is 0 Å². The fourth-order valence-corrected chi connectivity index (χ4v) is 2.44. The van der Waals surface area contributed by atoms with Crippen LogP contribution in [0.1, 0.15) is 50.4 Å². The van der Waals surface area contributed by atoms with E-state index in [1.807, 2.05) is 20.8 Å². The van der Waals surface area contributed by atoms with Gasteiger partial charge >= 0.3 is 5.97 Å². The van der Waals surface area contributed by atoms with Gasteiger partial charge in [-0.1, -0.05) is 33.6 Å². The lowest BCUT2D eigenvalue weighted by Crippen LogP contribution is -2.54. The Morgan fingerprint density at radius 2 is 1.81 bits per heavy atom. The van der Waals surface area contributed by atoms with Crippen LogP contribution in [0.25, 0.3) is 0 Å². The number of nitrogens with one attached hydrogen (secondary N) is 2. The highest BCUT2D eigenvalue weighted by Gasteiger charge is 2.30. The Bertz CT molecular complexity index is 618. The molecule has 1 aromatic rings. The van der Waals surface area contributed by atoms with Crippen molar-refractivity contribution in [2.24, 2.45) is 5.92 Å². The molecule has 0 bridgehead atoms. The smallest absolute Gasteiger partial charge is 0.328 e. The van der Waals surface area contributed by atoms with Crippen molar-refractivity contribution in [1.29, 1.82) is 0 Å². The Hall–Kier alpha value is -2.64. The highest BCUT2D eigenvalue weighted by atomic mass is 16.5. The highest BCUT2D eigenvalue weighted by Crippen LogP contribution is 2.11. The average Bonchev–Trinajstić information content (AvgIpc) is 2.64. The summed E-state index contributed by atoms with van der Waals surface area (Å²) >= 11 is 0. The van der Waals surface area contributed by atoms with E-state index >= 15 is 0 Å². The summed E-state index contributed by atoms with van der Waals surface area (Å²) in [5, 5.41) is 14.6. The largest absolute Gasteiger partial charge is 0.467 e. The zero-order valence-corrected chi connectivity index (χ0v) is 15.7. The van der Waals surface area contributed by atoms with E-state index in [0.29, 0.717) is 24.8 Å². The SMILES string of the molecule is CCC[C@H](NC(=O)[C@@H](NC(=O)c1cc[n+](O)cc1)[C@@H](C)CC)C(=O)OC. The van der Waals surface area contributed by atoms with Gasteiger partial charge in [0.25, 0.3) is 5.91 Å². The van der Waals surface area contributed by atoms with Gasteiger partial charge in [0.15, 0.2) is 0 Å². The standard InChI is InChI=1S/C18H27N3O5/c1-5-7-14(18(24)26-4)19-17(23)15(12(3)6-2)20-16(22)13-8-10-21(25)11-9-13/h8-12,14-15H,5-7H2,1-4H3,(H2-,19,20,22,23,25)/p+1/t12-,14-,15-/m0/s1. The lowest BCUT2D eigenvalue weighted by Gasteiger charge is -2.25. The Kier molecular flexibility index (Phi) is 8.54. The molecule has 0 spiro atoms. The van der Waals surface area contributed by atoms with E-state index in [9.17, 15) is 19.6 Å². The molecule has 8 heteroatoms. The normalized spacial score (nSPS) is 14.0. The van der Waals surface area contributed by atoms with E-state index in [2.05, 4.69) is 10.6 Å². The van der Waals surface area contributed by atoms with Crippen molar-refractivity contribution in [3.63, 3.8) is 0 Å². The summed E-state index contributed by atoms with van der Waals surface area (Å²) in [6.45, 7) is 5.67. The third kappa shape index (κ3) is 6.02. The number of carbonyl (C=O) groups is 3. The number of pyridine rings is 1. The van der Waals surface area contributed by atoms with Crippen molar-refractivity contribution in [2.75, 3.05) is 7.11 Å². The fraction of sp³-hybridized carbons (Fsp3) is 0.556. The number of amides is 2. The molecule has 3 atom stereocenters. The Balaban J connectivity index is 2.90. The van der Waals surface area contributed by atoms with Crippen molar-refractivity contribution in [1.82, 2.24) is 10.6 Å². The van der Waals surface area contributed by atoms with Crippen molar-refractivity contribution < 1.29 is 29.1 Å². The molecule has 0 aromatic carbocycles. The minimum absolute atomic E-state index is 0.134. The first-order valence-corrected chi connectivity index (χ1v) is 8.73. The molecule has 1 aromatic heterocycles. The molecule has 3 N–H and O–H groups in total. The van der Waals surface area contributed by atoms with Gasteiger partial charge in [0.05, 0.1) is 12.7 Å². The molecule has 1 rings (SSSR count). The van der Waals surface area contributed by atoms with Crippen molar-refractivity contribution in [3.8, 4) is 0 Å². The molecule has 0 saturated carbocycles. The summed E-state index contributed by atoms with van der Waals surface area (Å²) in [7, 11) is 1.27. The van der Waals surface area contributed by atoms with E-state index < -0.39 is 29.9 Å². The molecule has 0 saturated heterocycles. The molecule has 0 radical (unpaired) electrons. The molecule has 0 aliphatic rings. The lowest BCUT2D eigenvalue weighted by atomic mass is 9.97. The Labute approximate surface area is 153 Å². The average molecular weight is 366 g/mol. The number of esters is 1. The van der Waals surface area contributed by atoms with Gasteiger partial charge < -0.3 is 15.4 Å². The summed E-state index contributed by atoms with van der Waals surface area (Å²) in [6, 6.07) is 1.34. The summed E-state index contributed by atoms with van der Waals surface area (Å²) in [4.78, 5) is 36.9. The molecule has 0 aliphatic heterocycles. The fourth-order valence-electron chi connectivity index (χ4n) is 2.44. The van der Waals surface area contributed by atoms with Crippen LogP contribution in [0.5, 0.6) is 0 Å². The number of hydrogen-bond acceptors (Lipinski definition) is 5. The lowest BCUT2D eigenvalue weighted by molar-refractivity contribution is -0.904. The van der Waals surface area contributed by atoms with E-state index in [1.54, 1.807) is 0 Å². The molecule has 0 unspecified atom stereocenters. The van der Waals surface area contributed by atoms with Crippen LogP contribution in [-0.2, 0) is 14.3 Å². The van der Waals surface area contributed by atoms with Gasteiger partial charge in [0.1, 0.15) is 12.1 Å². The first-order chi connectivity index (χ1) is 12.3. The van der Waals surface area contributed by atoms with E-state index in [-0.39, 0.29) is 5.92 Å². The number of carbonyl (C=O) groups excluding carboxylic acids is 3. The van der Waals surface area contributed by atoms with E-state index in [4.69, 9.17) is 4.74 Å². The van der Waals surface area contributed by atoms with Gasteiger partial charge in [-0.2, -0.15) is 0 Å². The third-order valence-corrected chi connectivity index (χ3v) is 4.24. The number of hydrogen-bond donors (Lipinski definition) is 3. The highest BCUT2D eigenvalue weighted by molar-refractivity contribution is 5.98. The quantitative estimate of drug-likeness (QED) is 0.340. The van der Waals surface area contributed by atoms with E-state index in [1.165, 1.54) is 31.6 Å². The summed E-state index contributed by atoms with van der Waals surface area (Å²) in [5.41, 5.74) is 0.314. The Morgan fingerprint density at radius 3 is 2.31 bits per heavy atom. The monoisotopic (exact) mass is 366 g/mol. The van der Waals surface area contributed by atoms with Crippen molar-refractivity contribution in [3.05, 3.63) is 30.1 Å². The predicted octanol–water partition coefficient (Wildman–Crippen LogP) is 0.814. The number of methoxy groups -OCH3 is 1. The van der Waals surface area contributed by atoms with Crippen LogP contribution in [-0.4, -0.2) is 42.2 Å². The molecule has 0 fully saturated rings. The van der Waals surface area contributed by atoms with Crippen LogP contribution in [0.4, 0.5) is 0 Å². The van der Waals surface area contributed by atoms with Crippen LogP contribution in [0.3, 0.4) is 0 Å². The maximum Gasteiger partial charge on any atom is 0.328 e. The maximum atomic E-state index is 12.7. The van der Waals surface area contributed by atoms with Gasteiger partial charge in [0.2, 0.25) is 18.3 Å². The predicted molar refractivity (Wildman–Crippen MR) is 93.4 cm³/mol. The van der Waals surface area contributed by atoms with Gasteiger partial charge in [0, 0.05) is 16.9 Å². The van der Waals surface area contributed by atoms with Crippen LogP contribution in [0.15, 0.2) is 24.5 Å². The molecule has 8 nitrogen and oxygen atoms in total. The Morgan fingerprint density at radius 1 is 1.19 bits per heavy atom. The minimum atomic E-state index is -0.794. The second-order valence-corrected chi connectivity index (χ2v) is 6.18. The first-order valence-electron chi connectivity index (χ1n) is 8.73. The summed E-state index contributed by atoms with van der Waals surface area (Å²) in [5.74, 6) is -1.50. The second-order valence-electron chi connectivity index (χ2n) is 6.18.